The molecule has 1 fully saturated rings. The molecule has 1 aliphatic rings. The Morgan fingerprint density at radius 2 is 2.38 bits per heavy atom. The molecule has 1 aromatic heterocycles. The quantitative estimate of drug-likeness (QED) is 0.846. The minimum atomic E-state index is 0.375. The second kappa shape index (κ2) is 4.68. The first-order valence-corrected chi connectivity index (χ1v) is 6.04. The Hall–Kier alpha value is -1.32. The van der Waals surface area contributed by atoms with Crippen molar-refractivity contribution >= 4 is 11.8 Å². The van der Waals surface area contributed by atoms with Gasteiger partial charge in [0.1, 0.15) is 5.82 Å². The molecule has 88 valence electrons. The van der Waals surface area contributed by atoms with E-state index in [-0.39, 0.29) is 0 Å². The lowest BCUT2D eigenvalue weighted by Crippen LogP contribution is -2.22. The standard InChI is InChI=1S/C12H20N4/c1-3-4-10-5-6-16(8-10)11-9(2)7-14-12(13)15-11/h7,10H,3-6,8H2,1-2H3,(H2,13,14,15). The molecular weight excluding hydrogens is 200 g/mol. The second-order valence-electron chi connectivity index (χ2n) is 4.62. The van der Waals surface area contributed by atoms with Gasteiger partial charge in [0.15, 0.2) is 0 Å². The molecule has 0 saturated carbocycles. The fourth-order valence-corrected chi connectivity index (χ4v) is 2.44. The van der Waals surface area contributed by atoms with E-state index >= 15 is 0 Å². The van der Waals surface area contributed by atoms with Crippen LogP contribution in [0.15, 0.2) is 6.20 Å². The minimum absolute atomic E-state index is 0.375. The number of nitrogen functional groups attached to an aromatic ring is 1. The van der Waals surface area contributed by atoms with Crippen LogP contribution in [0.5, 0.6) is 0 Å². The lowest BCUT2D eigenvalue weighted by molar-refractivity contribution is 0.529. The molecule has 4 heteroatoms. The lowest BCUT2D eigenvalue weighted by Gasteiger charge is -2.19. The topological polar surface area (TPSA) is 55.0 Å². The predicted octanol–water partition coefficient (Wildman–Crippen LogP) is 1.99. The highest BCUT2D eigenvalue weighted by Crippen LogP contribution is 2.27. The van der Waals surface area contributed by atoms with Gasteiger partial charge in [0.2, 0.25) is 5.95 Å². The van der Waals surface area contributed by atoms with Crippen molar-refractivity contribution in [2.75, 3.05) is 23.7 Å². The van der Waals surface area contributed by atoms with Gasteiger partial charge < -0.3 is 10.6 Å². The van der Waals surface area contributed by atoms with Gasteiger partial charge in [0, 0.05) is 24.8 Å². The predicted molar refractivity (Wildman–Crippen MR) is 66.4 cm³/mol. The van der Waals surface area contributed by atoms with Gasteiger partial charge in [-0.1, -0.05) is 13.3 Å². The number of rotatable bonds is 3. The van der Waals surface area contributed by atoms with Gasteiger partial charge in [0.25, 0.3) is 0 Å². The van der Waals surface area contributed by atoms with E-state index in [2.05, 4.69) is 21.8 Å². The van der Waals surface area contributed by atoms with Gasteiger partial charge in [-0.2, -0.15) is 4.98 Å². The Balaban J connectivity index is 2.11. The monoisotopic (exact) mass is 220 g/mol. The molecule has 0 bridgehead atoms. The van der Waals surface area contributed by atoms with Crippen molar-refractivity contribution in [3.05, 3.63) is 11.8 Å². The fraction of sp³-hybridized carbons (Fsp3) is 0.667. The van der Waals surface area contributed by atoms with Crippen molar-refractivity contribution in [1.29, 1.82) is 0 Å². The number of anilines is 2. The fourth-order valence-electron chi connectivity index (χ4n) is 2.44. The van der Waals surface area contributed by atoms with Crippen LogP contribution in [-0.4, -0.2) is 23.1 Å². The third-order valence-corrected chi connectivity index (χ3v) is 3.25. The zero-order valence-corrected chi connectivity index (χ0v) is 10.1. The summed E-state index contributed by atoms with van der Waals surface area (Å²) in [4.78, 5) is 10.7. The van der Waals surface area contributed by atoms with E-state index in [4.69, 9.17) is 5.73 Å². The van der Waals surface area contributed by atoms with Crippen LogP contribution in [0.4, 0.5) is 11.8 Å². The summed E-state index contributed by atoms with van der Waals surface area (Å²) in [6.07, 6.45) is 5.67. The Labute approximate surface area is 96.9 Å². The Kier molecular flexibility index (Phi) is 3.27. The summed E-state index contributed by atoms with van der Waals surface area (Å²) in [5.41, 5.74) is 6.76. The van der Waals surface area contributed by atoms with Crippen LogP contribution < -0.4 is 10.6 Å². The normalized spacial score (nSPS) is 20.4. The third kappa shape index (κ3) is 2.26. The molecular formula is C12H20N4. The largest absolute Gasteiger partial charge is 0.368 e. The summed E-state index contributed by atoms with van der Waals surface area (Å²) < 4.78 is 0. The summed E-state index contributed by atoms with van der Waals surface area (Å²) in [6.45, 7) is 6.51. The minimum Gasteiger partial charge on any atom is -0.368 e. The lowest BCUT2D eigenvalue weighted by atomic mass is 10.0. The number of aromatic nitrogens is 2. The molecule has 1 aliphatic heterocycles. The highest BCUT2D eigenvalue weighted by atomic mass is 15.2. The van der Waals surface area contributed by atoms with E-state index in [0.29, 0.717) is 5.95 Å². The SMILES string of the molecule is CCCC1CCN(c2nc(N)ncc2C)C1. The molecule has 16 heavy (non-hydrogen) atoms. The van der Waals surface area contributed by atoms with Gasteiger partial charge in [-0.05, 0) is 25.7 Å². The van der Waals surface area contributed by atoms with Crippen LogP contribution in [0.25, 0.3) is 0 Å². The van der Waals surface area contributed by atoms with Gasteiger partial charge in [0.05, 0.1) is 0 Å². The van der Waals surface area contributed by atoms with E-state index in [1.54, 1.807) is 0 Å². The summed E-state index contributed by atoms with van der Waals surface area (Å²) >= 11 is 0. The van der Waals surface area contributed by atoms with Crippen molar-refractivity contribution in [3.63, 3.8) is 0 Å². The molecule has 1 aromatic rings. The first kappa shape index (κ1) is 11.2. The average Bonchev–Trinajstić information content (AvgIpc) is 2.71. The van der Waals surface area contributed by atoms with Gasteiger partial charge in [-0.25, -0.2) is 4.98 Å². The van der Waals surface area contributed by atoms with Gasteiger partial charge in [-0.3, -0.25) is 0 Å². The number of nitrogens with zero attached hydrogens (tertiary/aromatic N) is 3. The summed E-state index contributed by atoms with van der Waals surface area (Å²) in [7, 11) is 0. The molecule has 1 atom stereocenters. The van der Waals surface area contributed by atoms with Crippen LogP contribution in [0.1, 0.15) is 31.7 Å². The molecule has 1 saturated heterocycles. The number of nitrogens with two attached hydrogens (primary N) is 1. The highest BCUT2D eigenvalue weighted by molar-refractivity contribution is 5.48. The molecule has 1 unspecified atom stereocenters. The number of hydrogen-bond acceptors (Lipinski definition) is 4. The molecule has 2 N–H and O–H groups in total. The molecule has 0 amide bonds. The van der Waals surface area contributed by atoms with E-state index in [1.807, 2.05) is 13.1 Å². The number of hydrogen-bond donors (Lipinski definition) is 1. The molecule has 2 heterocycles. The van der Waals surface area contributed by atoms with Gasteiger partial charge in [-0.15, -0.1) is 0 Å². The first-order chi connectivity index (χ1) is 7.70. The van der Waals surface area contributed by atoms with Crippen molar-refractivity contribution in [2.24, 2.45) is 5.92 Å². The molecule has 2 rings (SSSR count). The third-order valence-electron chi connectivity index (χ3n) is 3.25. The van der Waals surface area contributed by atoms with E-state index in [0.717, 1.165) is 30.4 Å². The average molecular weight is 220 g/mol. The van der Waals surface area contributed by atoms with Crippen LogP contribution in [0.2, 0.25) is 0 Å². The maximum atomic E-state index is 5.64. The van der Waals surface area contributed by atoms with E-state index < -0.39 is 0 Å². The zero-order chi connectivity index (χ0) is 11.5. The number of aryl methyl sites for hydroxylation is 1. The van der Waals surface area contributed by atoms with Gasteiger partial charge >= 0.3 is 0 Å². The van der Waals surface area contributed by atoms with Crippen LogP contribution in [0, 0.1) is 12.8 Å². The second-order valence-corrected chi connectivity index (χ2v) is 4.62. The molecule has 0 aliphatic carbocycles. The highest BCUT2D eigenvalue weighted by Gasteiger charge is 2.23. The summed E-state index contributed by atoms with van der Waals surface area (Å²) in [6, 6.07) is 0. The molecule has 0 radical (unpaired) electrons. The maximum Gasteiger partial charge on any atom is 0.221 e. The Morgan fingerprint density at radius 1 is 1.56 bits per heavy atom. The Morgan fingerprint density at radius 3 is 3.12 bits per heavy atom. The summed E-state index contributed by atoms with van der Waals surface area (Å²) in [5, 5.41) is 0. The molecule has 4 nitrogen and oxygen atoms in total. The first-order valence-electron chi connectivity index (χ1n) is 6.04. The van der Waals surface area contributed by atoms with Crippen LogP contribution in [0.3, 0.4) is 0 Å². The molecule has 0 aromatic carbocycles. The van der Waals surface area contributed by atoms with Crippen LogP contribution in [-0.2, 0) is 0 Å². The molecule has 0 spiro atoms. The zero-order valence-electron chi connectivity index (χ0n) is 10.1. The van der Waals surface area contributed by atoms with Crippen molar-refractivity contribution in [2.45, 2.75) is 33.1 Å². The Bertz CT molecular complexity index is 364. The smallest absolute Gasteiger partial charge is 0.221 e. The van der Waals surface area contributed by atoms with Crippen LogP contribution >= 0.6 is 0 Å². The van der Waals surface area contributed by atoms with E-state index in [1.165, 1.54) is 19.3 Å². The van der Waals surface area contributed by atoms with Crippen molar-refractivity contribution in [3.8, 4) is 0 Å². The maximum absolute atomic E-state index is 5.64. The van der Waals surface area contributed by atoms with E-state index in [9.17, 15) is 0 Å². The van der Waals surface area contributed by atoms with Crippen molar-refractivity contribution < 1.29 is 0 Å². The summed E-state index contributed by atoms with van der Waals surface area (Å²) in [5.74, 6) is 2.21. The van der Waals surface area contributed by atoms with Crippen molar-refractivity contribution in [1.82, 2.24) is 9.97 Å².